The first-order chi connectivity index (χ1) is 15.9. The number of anilines is 1. The fraction of sp³-hybridized carbons (Fsp3) is 0.391. The second-order valence-corrected chi connectivity index (χ2v) is 9.30. The van der Waals surface area contributed by atoms with Crippen molar-refractivity contribution in [1.29, 1.82) is 0 Å². The van der Waals surface area contributed by atoms with E-state index in [1.54, 1.807) is 37.3 Å². The first-order valence-electron chi connectivity index (χ1n) is 10.8. The highest BCUT2D eigenvalue weighted by Gasteiger charge is 2.56. The molecule has 2 aromatic rings. The third-order valence-corrected chi connectivity index (χ3v) is 7.32. The van der Waals surface area contributed by atoms with Gasteiger partial charge in [-0.1, -0.05) is 35.3 Å². The minimum atomic E-state index is -0.478. The average Bonchev–Trinajstić information content (AvgIpc) is 3.23. The van der Waals surface area contributed by atoms with Crippen molar-refractivity contribution in [3.05, 3.63) is 58.1 Å². The normalized spacial score (nSPS) is 25.3. The Kier molecular flexibility index (Phi) is 5.86. The SMILES string of the molecule is COc1cccc(N2CCCN3C4C(=O)N(Cc5ccc(Cl)c(Cl)c5)C(=O)N(C)C4NC23)c1. The van der Waals surface area contributed by atoms with E-state index in [1.807, 2.05) is 24.3 Å². The van der Waals surface area contributed by atoms with E-state index in [9.17, 15) is 9.59 Å². The molecule has 33 heavy (non-hydrogen) atoms. The van der Waals surface area contributed by atoms with Crippen molar-refractivity contribution in [3.63, 3.8) is 0 Å². The third-order valence-electron chi connectivity index (χ3n) is 6.58. The Morgan fingerprint density at radius 1 is 1.09 bits per heavy atom. The molecular weight excluding hydrogens is 465 g/mol. The van der Waals surface area contributed by atoms with Gasteiger partial charge in [0, 0.05) is 31.9 Å². The summed E-state index contributed by atoms with van der Waals surface area (Å²) in [5.41, 5.74) is 1.75. The predicted molar refractivity (Wildman–Crippen MR) is 126 cm³/mol. The molecule has 3 aliphatic rings. The molecule has 8 nitrogen and oxygen atoms in total. The van der Waals surface area contributed by atoms with E-state index in [4.69, 9.17) is 27.9 Å². The van der Waals surface area contributed by atoms with E-state index in [1.165, 1.54) is 4.90 Å². The van der Waals surface area contributed by atoms with Crippen molar-refractivity contribution in [3.8, 4) is 5.75 Å². The molecule has 3 heterocycles. The molecule has 0 aliphatic carbocycles. The number of benzene rings is 2. The fourth-order valence-electron chi connectivity index (χ4n) is 4.94. The molecule has 0 bridgehead atoms. The Morgan fingerprint density at radius 3 is 2.67 bits per heavy atom. The van der Waals surface area contributed by atoms with Crippen LogP contribution in [0.1, 0.15) is 12.0 Å². The van der Waals surface area contributed by atoms with Crippen LogP contribution in [0.5, 0.6) is 5.75 Å². The lowest BCUT2D eigenvalue weighted by atomic mass is 10.1. The summed E-state index contributed by atoms with van der Waals surface area (Å²) in [5, 5.41) is 4.35. The number of amides is 3. The number of methoxy groups -OCH3 is 1. The molecular formula is C23H25Cl2N5O3. The van der Waals surface area contributed by atoms with Gasteiger partial charge in [-0.25, -0.2) is 4.79 Å². The number of rotatable bonds is 4. The molecule has 5 rings (SSSR count). The average molecular weight is 490 g/mol. The number of nitrogens with one attached hydrogen (secondary N) is 1. The number of hydrogen-bond acceptors (Lipinski definition) is 6. The zero-order valence-electron chi connectivity index (χ0n) is 18.4. The highest BCUT2D eigenvalue weighted by atomic mass is 35.5. The number of carbonyl (C=O) groups is 2. The summed E-state index contributed by atoms with van der Waals surface area (Å²) in [5.74, 6) is 0.563. The summed E-state index contributed by atoms with van der Waals surface area (Å²) in [6.45, 7) is 1.73. The van der Waals surface area contributed by atoms with Gasteiger partial charge in [-0.2, -0.15) is 0 Å². The summed E-state index contributed by atoms with van der Waals surface area (Å²) >= 11 is 12.2. The van der Waals surface area contributed by atoms with Crippen molar-refractivity contribution < 1.29 is 14.3 Å². The topological polar surface area (TPSA) is 68.4 Å². The van der Waals surface area contributed by atoms with Crippen molar-refractivity contribution >= 4 is 40.8 Å². The summed E-state index contributed by atoms with van der Waals surface area (Å²) in [4.78, 5) is 34.1. The van der Waals surface area contributed by atoms with Crippen LogP contribution in [0.2, 0.25) is 10.0 Å². The molecule has 174 valence electrons. The Morgan fingerprint density at radius 2 is 1.91 bits per heavy atom. The number of urea groups is 1. The van der Waals surface area contributed by atoms with Crippen LogP contribution in [-0.4, -0.2) is 72.4 Å². The molecule has 3 aliphatic heterocycles. The summed E-state index contributed by atoms with van der Waals surface area (Å²) in [6, 6.07) is 12.2. The summed E-state index contributed by atoms with van der Waals surface area (Å²) in [6.07, 6.45) is 0.285. The Hall–Kier alpha value is -2.52. The molecule has 0 saturated carbocycles. The van der Waals surface area contributed by atoms with Crippen molar-refractivity contribution in [2.45, 2.75) is 31.5 Å². The molecule has 3 atom stereocenters. The standard InChI is InChI=1S/C23H25Cl2N5O3/c1-27-20-19(21(31)30(23(27)32)13-14-7-8-17(24)18(25)11-14)29-10-4-9-28(22(29)26-20)15-5-3-6-16(12-15)33-2/h3,5-8,11-12,19-20,22,26H,4,9-10,13H2,1-2H3. The number of hydrogen-bond donors (Lipinski definition) is 1. The number of halogens is 2. The molecule has 0 radical (unpaired) electrons. The van der Waals surface area contributed by atoms with E-state index in [2.05, 4.69) is 15.1 Å². The number of likely N-dealkylation sites (N-methyl/N-ethyl adjacent to an activating group) is 1. The van der Waals surface area contributed by atoms with Crippen LogP contribution in [0.15, 0.2) is 42.5 Å². The maximum absolute atomic E-state index is 13.6. The largest absolute Gasteiger partial charge is 0.497 e. The Bertz CT molecular complexity index is 1100. The minimum absolute atomic E-state index is 0.139. The molecule has 1 N–H and O–H groups in total. The van der Waals surface area contributed by atoms with Gasteiger partial charge < -0.3 is 14.5 Å². The molecule has 3 fully saturated rings. The summed E-state index contributed by atoms with van der Waals surface area (Å²) in [7, 11) is 3.38. The highest BCUT2D eigenvalue weighted by molar-refractivity contribution is 6.42. The first-order valence-corrected chi connectivity index (χ1v) is 11.6. The lowest BCUT2D eigenvalue weighted by molar-refractivity contribution is -0.139. The molecule has 3 unspecified atom stereocenters. The van der Waals surface area contributed by atoms with Gasteiger partial charge in [0.25, 0.3) is 5.91 Å². The van der Waals surface area contributed by atoms with Gasteiger partial charge in [0.2, 0.25) is 0 Å². The molecule has 3 amide bonds. The van der Waals surface area contributed by atoms with Crippen molar-refractivity contribution in [2.24, 2.45) is 0 Å². The number of ether oxygens (including phenoxy) is 1. The smallest absolute Gasteiger partial charge is 0.328 e. The first kappa shape index (κ1) is 22.3. The quantitative estimate of drug-likeness (QED) is 0.711. The Balaban J connectivity index is 1.43. The van der Waals surface area contributed by atoms with E-state index >= 15 is 0 Å². The van der Waals surface area contributed by atoms with Crippen LogP contribution in [-0.2, 0) is 11.3 Å². The van der Waals surface area contributed by atoms with Gasteiger partial charge in [0.1, 0.15) is 24.2 Å². The minimum Gasteiger partial charge on any atom is -0.497 e. The van der Waals surface area contributed by atoms with E-state index < -0.39 is 12.2 Å². The van der Waals surface area contributed by atoms with Gasteiger partial charge in [0.05, 0.1) is 23.7 Å². The van der Waals surface area contributed by atoms with Crippen molar-refractivity contribution in [1.82, 2.24) is 20.0 Å². The van der Waals surface area contributed by atoms with Crippen LogP contribution < -0.4 is 15.0 Å². The van der Waals surface area contributed by atoms with Crippen molar-refractivity contribution in [2.75, 3.05) is 32.1 Å². The number of fused-ring (bicyclic) bond motifs is 3. The van der Waals surface area contributed by atoms with Crippen LogP contribution in [0.3, 0.4) is 0 Å². The van der Waals surface area contributed by atoms with Gasteiger partial charge >= 0.3 is 6.03 Å². The summed E-state index contributed by atoms with van der Waals surface area (Å²) < 4.78 is 5.39. The lowest BCUT2D eigenvalue weighted by Gasteiger charge is -2.44. The zero-order valence-corrected chi connectivity index (χ0v) is 19.9. The van der Waals surface area contributed by atoms with E-state index in [-0.39, 0.29) is 24.8 Å². The van der Waals surface area contributed by atoms with Gasteiger partial charge in [-0.05, 0) is 36.2 Å². The highest BCUT2D eigenvalue weighted by Crippen LogP contribution is 2.34. The second kappa shape index (κ2) is 8.68. The number of imide groups is 1. The second-order valence-electron chi connectivity index (χ2n) is 8.48. The predicted octanol–water partition coefficient (Wildman–Crippen LogP) is 3.19. The van der Waals surface area contributed by atoms with E-state index in [0.29, 0.717) is 10.0 Å². The van der Waals surface area contributed by atoms with Gasteiger partial charge in [-0.15, -0.1) is 0 Å². The van der Waals surface area contributed by atoms with Crippen LogP contribution in [0.4, 0.5) is 10.5 Å². The van der Waals surface area contributed by atoms with Gasteiger partial charge in [-0.3, -0.25) is 19.9 Å². The van der Waals surface area contributed by atoms with Crippen LogP contribution >= 0.6 is 23.2 Å². The number of nitrogens with zero attached hydrogens (tertiary/aromatic N) is 4. The zero-order chi connectivity index (χ0) is 23.3. The molecule has 0 spiro atoms. The van der Waals surface area contributed by atoms with E-state index in [0.717, 1.165) is 36.5 Å². The molecule has 0 aromatic heterocycles. The molecule has 3 saturated heterocycles. The lowest BCUT2D eigenvalue weighted by Crippen LogP contribution is -2.66. The van der Waals surface area contributed by atoms with Gasteiger partial charge in [0.15, 0.2) is 0 Å². The van der Waals surface area contributed by atoms with Crippen LogP contribution in [0, 0.1) is 0 Å². The Labute approximate surface area is 202 Å². The molecule has 2 aromatic carbocycles. The maximum Gasteiger partial charge on any atom is 0.328 e. The fourth-order valence-corrected chi connectivity index (χ4v) is 5.26. The molecule has 10 heteroatoms. The van der Waals surface area contributed by atoms with Crippen LogP contribution in [0.25, 0.3) is 0 Å². The monoisotopic (exact) mass is 489 g/mol. The third kappa shape index (κ3) is 3.81. The number of carbonyl (C=O) groups excluding carboxylic acids is 2. The maximum atomic E-state index is 13.6.